The van der Waals surface area contributed by atoms with Crippen molar-refractivity contribution in [1.82, 2.24) is 9.88 Å². The molecule has 3 rings (SSSR count). The zero-order valence-corrected chi connectivity index (χ0v) is 17.3. The van der Waals surface area contributed by atoms with Crippen molar-refractivity contribution in [3.63, 3.8) is 0 Å². The molecule has 1 fully saturated rings. The molecule has 8 heteroatoms. The molecule has 1 aromatic heterocycles. The Labute approximate surface area is 174 Å². The molecule has 1 saturated heterocycles. The molecule has 1 aromatic carbocycles. The number of halogens is 1. The first-order valence-corrected chi connectivity index (χ1v) is 10.1. The first-order chi connectivity index (χ1) is 13.0. The third-order valence-corrected chi connectivity index (χ3v) is 5.79. The molecule has 0 aliphatic carbocycles. The number of thiocarbonyl (C=S) groups is 1. The number of carboxylic acids is 1. The monoisotopic (exact) mass is 462 g/mol. The topological polar surface area (TPSA) is 70.5 Å². The molecule has 1 N–H and O–H groups in total. The highest BCUT2D eigenvalue weighted by atomic mass is 79.9. The van der Waals surface area contributed by atoms with E-state index in [1.165, 1.54) is 16.7 Å². The maximum absolute atomic E-state index is 12.7. The number of thioether (sulfide) groups is 1. The molecule has 0 bridgehead atoms. The fourth-order valence-electron chi connectivity index (χ4n) is 2.66. The van der Waals surface area contributed by atoms with E-state index in [1.807, 2.05) is 30.3 Å². The van der Waals surface area contributed by atoms with Crippen molar-refractivity contribution in [2.24, 2.45) is 0 Å². The molecule has 1 amide bonds. The van der Waals surface area contributed by atoms with Gasteiger partial charge in [0.2, 0.25) is 0 Å². The maximum Gasteiger partial charge on any atom is 0.303 e. The molecule has 1 aliphatic heterocycles. The van der Waals surface area contributed by atoms with Crippen molar-refractivity contribution >= 4 is 62.2 Å². The number of carbonyl (C=O) groups excluding carboxylic acids is 1. The average Bonchev–Trinajstić information content (AvgIpc) is 2.89. The molecule has 0 atom stereocenters. The van der Waals surface area contributed by atoms with Gasteiger partial charge in [0.05, 0.1) is 4.91 Å². The van der Waals surface area contributed by atoms with Crippen molar-refractivity contribution in [1.29, 1.82) is 0 Å². The summed E-state index contributed by atoms with van der Waals surface area (Å²) in [6.07, 6.45) is 5.59. The van der Waals surface area contributed by atoms with Crippen LogP contribution in [0.4, 0.5) is 0 Å². The summed E-state index contributed by atoms with van der Waals surface area (Å²) in [6, 6.07) is 9.80. The fourth-order valence-corrected chi connectivity index (χ4v) is 4.36. The number of carbonyl (C=O) groups is 2. The van der Waals surface area contributed by atoms with Crippen LogP contribution in [0.3, 0.4) is 0 Å². The van der Waals surface area contributed by atoms with Crippen LogP contribution >= 0.6 is 39.9 Å². The molecule has 0 radical (unpaired) electrons. The van der Waals surface area contributed by atoms with Gasteiger partial charge in [-0.2, -0.15) is 0 Å². The normalized spacial score (nSPS) is 15.6. The lowest BCUT2D eigenvalue weighted by Gasteiger charge is -2.13. The van der Waals surface area contributed by atoms with E-state index in [0.717, 1.165) is 21.2 Å². The summed E-state index contributed by atoms with van der Waals surface area (Å²) in [7, 11) is 0. The zero-order chi connectivity index (χ0) is 19.4. The molecule has 138 valence electrons. The lowest BCUT2D eigenvalue weighted by atomic mass is 10.0. The Morgan fingerprint density at radius 1 is 1.37 bits per heavy atom. The molecular weight excluding hydrogens is 448 g/mol. The summed E-state index contributed by atoms with van der Waals surface area (Å²) >= 11 is 10.00. The number of nitrogens with zero attached hydrogens (tertiary/aromatic N) is 2. The van der Waals surface area contributed by atoms with E-state index in [1.54, 1.807) is 18.5 Å². The molecule has 5 nitrogen and oxygen atoms in total. The van der Waals surface area contributed by atoms with E-state index in [2.05, 4.69) is 20.9 Å². The average molecular weight is 463 g/mol. The molecule has 1 aliphatic rings. The first kappa shape index (κ1) is 19.7. The summed E-state index contributed by atoms with van der Waals surface area (Å²) in [5.41, 5.74) is 2.79. The first-order valence-electron chi connectivity index (χ1n) is 8.13. The van der Waals surface area contributed by atoms with Gasteiger partial charge in [0.15, 0.2) is 0 Å². The molecule has 2 heterocycles. The van der Waals surface area contributed by atoms with Crippen LogP contribution in [0.1, 0.15) is 18.4 Å². The largest absolute Gasteiger partial charge is 0.481 e. The molecule has 0 unspecified atom stereocenters. The van der Waals surface area contributed by atoms with Crippen LogP contribution in [0.5, 0.6) is 0 Å². The van der Waals surface area contributed by atoms with Crippen LogP contribution in [0.25, 0.3) is 17.2 Å². The summed E-state index contributed by atoms with van der Waals surface area (Å²) < 4.78 is 1.41. The Hall–Kier alpha value is -2.03. The van der Waals surface area contributed by atoms with E-state index >= 15 is 0 Å². The fraction of sp³-hybridized carbons (Fsp3) is 0.158. The summed E-state index contributed by atoms with van der Waals surface area (Å²) in [6.45, 7) is 0.305. The SMILES string of the molecule is O=C(O)CCCN1C(=O)/C(=C/c2cnccc2-c2cccc(Br)c2)SC1=S. The highest BCUT2D eigenvalue weighted by Crippen LogP contribution is 2.35. The maximum atomic E-state index is 12.7. The van der Waals surface area contributed by atoms with E-state index in [4.69, 9.17) is 17.3 Å². The number of amides is 1. The van der Waals surface area contributed by atoms with Crippen LogP contribution in [0.15, 0.2) is 52.1 Å². The number of benzene rings is 1. The molecule has 0 saturated carbocycles. The minimum absolute atomic E-state index is 0.00570. The van der Waals surface area contributed by atoms with Gasteiger partial charge in [-0.25, -0.2) is 0 Å². The van der Waals surface area contributed by atoms with Gasteiger partial charge in [0, 0.05) is 35.4 Å². The minimum Gasteiger partial charge on any atom is -0.481 e. The Bertz CT molecular complexity index is 946. The van der Waals surface area contributed by atoms with E-state index in [0.29, 0.717) is 22.2 Å². The Kier molecular flexibility index (Phi) is 6.41. The minimum atomic E-state index is -0.884. The van der Waals surface area contributed by atoms with Crippen molar-refractivity contribution in [2.75, 3.05) is 6.54 Å². The quantitative estimate of drug-likeness (QED) is 0.500. The zero-order valence-electron chi connectivity index (χ0n) is 14.1. The summed E-state index contributed by atoms with van der Waals surface area (Å²) in [5, 5.41) is 8.76. The van der Waals surface area contributed by atoms with Crippen LogP contribution in [0.2, 0.25) is 0 Å². The number of carboxylic acid groups (broad SMARTS) is 1. The second kappa shape index (κ2) is 8.77. The molecule has 27 heavy (non-hydrogen) atoms. The number of aromatic nitrogens is 1. The predicted octanol–water partition coefficient (Wildman–Crippen LogP) is 4.58. The van der Waals surface area contributed by atoms with Crippen LogP contribution in [0, 0.1) is 0 Å². The van der Waals surface area contributed by atoms with Crippen LogP contribution in [-0.2, 0) is 9.59 Å². The number of hydrogen-bond acceptors (Lipinski definition) is 5. The number of aliphatic carboxylic acids is 1. The third kappa shape index (κ3) is 4.82. The summed E-state index contributed by atoms with van der Waals surface area (Å²) in [5.74, 6) is -1.08. The lowest BCUT2D eigenvalue weighted by molar-refractivity contribution is -0.137. The second-order valence-corrected chi connectivity index (χ2v) is 8.40. The summed E-state index contributed by atoms with van der Waals surface area (Å²) in [4.78, 5) is 29.5. The number of rotatable bonds is 6. The molecule has 0 spiro atoms. The highest BCUT2D eigenvalue weighted by Gasteiger charge is 2.31. The number of hydrogen-bond donors (Lipinski definition) is 1. The van der Waals surface area contributed by atoms with Gasteiger partial charge in [-0.1, -0.05) is 52.0 Å². The highest BCUT2D eigenvalue weighted by molar-refractivity contribution is 9.10. The van der Waals surface area contributed by atoms with E-state index in [-0.39, 0.29) is 12.3 Å². The van der Waals surface area contributed by atoms with Crippen LogP contribution in [-0.4, -0.2) is 37.7 Å². The van der Waals surface area contributed by atoms with Crippen molar-refractivity contribution in [3.8, 4) is 11.1 Å². The van der Waals surface area contributed by atoms with E-state index < -0.39 is 5.97 Å². The van der Waals surface area contributed by atoms with Gasteiger partial charge >= 0.3 is 5.97 Å². The predicted molar refractivity (Wildman–Crippen MR) is 114 cm³/mol. The molecular formula is C19H15BrN2O3S2. The van der Waals surface area contributed by atoms with Crippen molar-refractivity contribution < 1.29 is 14.7 Å². The smallest absolute Gasteiger partial charge is 0.303 e. The van der Waals surface area contributed by atoms with Gasteiger partial charge in [-0.15, -0.1) is 0 Å². The lowest BCUT2D eigenvalue weighted by Crippen LogP contribution is -2.29. The van der Waals surface area contributed by atoms with Crippen molar-refractivity contribution in [2.45, 2.75) is 12.8 Å². The van der Waals surface area contributed by atoms with Crippen LogP contribution < -0.4 is 0 Å². The standard InChI is InChI=1S/C19H15BrN2O3S2/c20-14-4-1-3-12(9-14)15-6-7-21-11-13(15)10-16-18(25)22(19(26)27-16)8-2-5-17(23)24/h1,3-4,6-7,9-11H,2,5,8H2,(H,23,24)/b16-10-. The van der Waals surface area contributed by atoms with Gasteiger partial charge in [0.1, 0.15) is 4.32 Å². The van der Waals surface area contributed by atoms with Gasteiger partial charge in [-0.05, 0) is 41.8 Å². The Morgan fingerprint density at radius 3 is 2.93 bits per heavy atom. The number of pyridine rings is 1. The second-order valence-electron chi connectivity index (χ2n) is 5.80. The van der Waals surface area contributed by atoms with E-state index in [9.17, 15) is 9.59 Å². The van der Waals surface area contributed by atoms with Crippen molar-refractivity contribution in [3.05, 3.63) is 57.7 Å². The Balaban J connectivity index is 1.86. The molecule has 2 aromatic rings. The van der Waals surface area contributed by atoms with Gasteiger partial charge < -0.3 is 5.11 Å². The Morgan fingerprint density at radius 2 is 2.19 bits per heavy atom. The third-order valence-electron chi connectivity index (χ3n) is 3.92. The van der Waals surface area contributed by atoms with Gasteiger partial charge in [0.25, 0.3) is 5.91 Å². The van der Waals surface area contributed by atoms with Gasteiger partial charge in [-0.3, -0.25) is 19.5 Å².